The number of benzene rings is 1. The van der Waals surface area contributed by atoms with Crippen LogP contribution in [0, 0.1) is 0 Å². The Morgan fingerprint density at radius 3 is 2.81 bits per heavy atom. The largest absolute Gasteiger partial charge is 0.375 e. The van der Waals surface area contributed by atoms with E-state index in [0.717, 1.165) is 60.0 Å². The van der Waals surface area contributed by atoms with E-state index in [1.165, 1.54) is 0 Å². The molecule has 6 heteroatoms. The second kappa shape index (κ2) is 7.67. The van der Waals surface area contributed by atoms with E-state index in [1.54, 1.807) is 0 Å². The van der Waals surface area contributed by atoms with Gasteiger partial charge in [-0.05, 0) is 57.2 Å². The van der Waals surface area contributed by atoms with E-state index < -0.39 is 0 Å². The minimum atomic E-state index is 0.342. The zero-order valence-electron chi connectivity index (χ0n) is 15.4. The second-order valence-corrected chi connectivity index (χ2v) is 7.84. The van der Waals surface area contributed by atoms with Crippen molar-refractivity contribution in [3.05, 3.63) is 40.4 Å². The van der Waals surface area contributed by atoms with E-state index in [2.05, 4.69) is 34.7 Å². The Kier molecular flexibility index (Phi) is 5.30. The zero-order valence-corrected chi connectivity index (χ0v) is 16.2. The molecule has 2 aromatic rings. The molecule has 0 N–H and O–H groups in total. The van der Waals surface area contributed by atoms with Crippen LogP contribution in [0.4, 0.5) is 0 Å². The number of ether oxygens (including phenoxy) is 2. The molecule has 140 valence electrons. The quantitative estimate of drug-likeness (QED) is 0.770. The van der Waals surface area contributed by atoms with Gasteiger partial charge in [0.05, 0.1) is 24.5 Å². The van der Waals surface area contributed by atoms with E-state index in [-0.39, 0.29) is 0 Å². The molecule has 26 heavy (non-hydrogen) atoms. The normalized spacial score (nSPS) is 23.8. The summed E-state index contributed by atoms with van der Waals surface area (Å²) in [5.41, 5.74) is 2.19. The lowest BCUT2D eigenvalue weighted by atomic mass is 9.86. The molecule has 0 spiro atoms. The number of halogens is 1. The first kappa shape index (κ1) is 18.0. The molecule has 1 aliphatic carbocycles. The second-order valence-electron chi connectivity index (χ2n) is 7.40. The Morgan fingerprint density at radius 2 is 2.04 bits per heavy atom. The van der Waals surface area contributed by atoms with Crippen LogP contribution >= 0.6 is 11.6 Å². The van der Waals surface area contributed by atoms with E-state index in [9.17, 15) is 0 Å². The predicted octanol–water partition coefficient (Wildman–Crippen LogP) is 4.79. The van der Waals surface area contributed by atoms with Gasteiger partial charge in [-0.3, -0.25) is 4.57 Å². The first-order chi connectivity index (χ1) is 12.7. The molecule has 1 aliphatic heterocycles. The fourth-order valence-corrected chi connectivity index (χ4v) is 4.17. The van der Waals surface area contributed by atoms with Crippen molar-refractivity contribution in [2.24, 2.45) is 0 Å². The van der Waals surface area contributed by atoms with Crippen molar-refractivity contribution >= 4 is 11.6 Å². The van der Waals surface area contributed by atoms with Gasteiger partial charge in [-0.1, -0.05) is 18.5 Å². The molecule has 1 saturated carbocycles. The summed E-state index contributed by atoms with van der Waals surface area (Å²) in [5.74, 6) is 2.34. The summed E-state index contributed by atoms with van der Waals surface area (Å²) in [6.07, 6.45) is 6.13. The molecular formula is C20H26ClN3O2. The summed E-state index contributed by atoms with van der Waals surface area (Å²) in [4.78, 5) is 0. The van der Waals surface area contributed by atoms with Gasteiger partial charge in [0, 0.05) is 16.5 Å². The Labute approximate surface area is 159 Å². The van der Waals surface area contributed by atoms with Gasteiger partial charge in [0.2, 0.25) is 0 Å². The molecule has 0 amide bonds. The van der Waals surface area contributed by atoms with Crippen LogP contribution in [-0.2, 0) is 22.7 Å². The molecule has 1 atom stereocenters. The zero-order chi connectivity index (χ0) is 18.1. The van der Waals surface area contributed by atoms with Crippen LogP contribution in [0.3, 0.4) is 0 Å². The van der Waals surface area contributed by atoms with Crippen molar-refractivity contribution in [1.82, 2.24) is 14.8 Å². The van der Waals surface area contributed by atoms with E-state index in [0.29, 0.717) is 31.3 Å². The lowest BCUT2D eigenvalue weighted by Gasteiger charge is -2.30. The van der Waals surface area contributed by atoms with Crippen LogP contribution in [-0.4, -0.2) is 27.0 Å². The SMILES string of the molecule is CCC(C)OC1CCC(c2nnc3n2-c2ccc(Cl)cc2COC3)CC1. The van der Waals surface area contributed by atoms with Crippen LogP contribution in [0.15, 0.2) is 18.2 Å². The molecule has 0 saturated heterocycles. The van der Waals surface area contributed by atoms with Crippen molar-refractivity contribution < 1.29 is 9.47 Å². The Hall–Kier alpha value is -1.43. The van der Waals surface area contributed by atoms with Crippen LogP contribution in [0.5, 0.6) is 0 Å². The Bertz CT molecular complexity index is 768. The highest BCUT2D eigenvalue weighted by Gasteiger charge is 2.30. The van der Waals surface area contributed by atoms with E-state index >= 15 is 0 Å². The third kappa shape index (κ3) is 3.53. The average Bonchev–Trinajstić information content (AvgIpc) is 2.98. The lowest BCUT2D eigenvalue weighted by Crippen LogP contribution is -2.25. The van der Waals surface area contributed by atoms with Gasteiger partial charge in [-0.25, -0.2) is 0 Å². The number of nitrogens with zero attached hydrogens (tertiary/aromatic N) is 3. The highest BCUT2D eigenvalue weighted by molar-refractivity contribution is 6.30. The fourth-order valence-electron chi connectivity index (χ4n) is 3.97. The summed E-state index contributed by atoms with van der Waals surface area (Å²) >= 11 is 6.18. The average molecular weight is 376 g/mol. The summed E-state index contributed by atoms with van der Waals surface area (Å²) in [5, 5.41) is 9.69. The number of aromatic nitrogens is 3. The van der Waals surface area contributed by atoms with Crippen LogP contribution in [0.1, 0.15) is 69.1 Å². The Morgan fingerprint density at radius 1 is 1.23 bits per heavy atom. The van der Waals surface area contributed by atoms with Crippen molar-refractivity contribution in [3.63, 3.8) is 0 Å². The third-order valence-electron chi connectivity index (χ3n) is 5.57. The van der Waals surface area contributed by atoms with Gasteiger partial charge < -0.3 is 9.47 Å². The summed E-state index contributed by atoms with van der Waals surface area (Å²) < 4.78 is 14.1. The number of hydrogen-bond acceptors (Lipinski definition) is 4. The molecular weight excluding hydrogens is 350 g/mol. The van der Waals surface area contributed by atoms with Gasteiger partial charge >= 0.3 is 0 Å². The molecule has 5 nitrogen and oxygen atoms in total. The van der Waals surface area contributed by atoms with Crippen LogP contribution < -0.4 is 0 Å². The predicted molar refractivity (Wildman–Crippen MR) is 101 cm³/mol. The smallest absolute Gasteiger partial charge is 0.163 e. The Balaban J connectivity index is 1.57. The van der Waals surface area contributed by atoms with E-state index in [1.807, 2.05) is 12.1 Å². The maximum Gasteiger partial charge on any atom is 0.163 e. The standard InChI is InChI=1S/C20H26ClN3O2/c1-3-13(2)26-17-7-4-14(5-8-17)20-23-22-19-12-25-11-15-10-16(21)6-9-18(15)24(19)20/h6,9-10,13-14,17H,3-5,7-8,11-12H2,1-2H3. The lowest BCUT2D eigenvalue weighted by molar-refractivity contribution is -0.0251. The molecule has 1 fully saturated rings. The van der Waals surface area contributed by atoms with Crippen molar-refractivity contribution in [1.29, 1.82) is 0 Å². The molecule has 4 rings (SSSR count). The van der Waals surface area contributed by atoms with Crippen LogP contribution in [0.25, 0.3) is 5.69 Å². The summed E-state index contributed by atoms with van der Waals surface area (Å²) in [6.45, 7) is 5.36. The highest BCUT2D eigenvalue weighted by Crippen LogP contribution is 2.36. The number of fused-ring (bicyclic) bond motifs is 3. The van der Waals surface area contributed by atoms with Crippen LogP contribution in [0.2, 0.25) is 5.02 Å². The summed E-state index contributed by atoms with van der Waals surface area (Å²) in [7, 11) is 0. The van der Waals surface area contributed by atoms with Gasteiger partial charge in [0.25, 0.3) is 0 Å². The molecule has 1 unspecified atom stereocenters. The molecule has 1 aromatic carbocycles. The molecule has 0 radical (unpaired) electrons. The first-order valence-corrected chi connectivity index (χ1v) is 9.99. The van der Waals surface area contributed by atoms with Gasteiger partial charge in [0.1, 0.15) is 12.4 Å². The van der Waals surface area contributed by atoms with Crippen molar-refractivity contribution in [3.8, 4) is 5.69 Å². The first-order valence-electron chi connectivity index (χ1n) is 9.62. The maximum absolute atomic E-state index is 6.18. The summed E-state index contributed by atoms with van der Waals surface area (Å²) in [6, 6.07) is 5.96. The fraction of sp³-hybridized carbons (Fsp3) is 0.600. The minimum absolute atomic E-state index is 0.342. The topological polar surface area (TPSA) is 49.2 Å². The molecule has 2 heterocycles. The maximum atomic E-state index is 6.18. The monoisotopic (exact) mass is 375 g/mol. The third-order valence-corrected chi connectivity index (χ3v) is 5.80. The molecule has 1 aromatic heterocycles. The number of rotatable bonds is 4. The molecule has 2 aliphatic rings. The molecule has 0 bridgehead atoms. The van der Waals surface area contributed by atoms with Gasteiger partial charge in [-0.2, -0.15) is 0 Å². The highest BCUT2D eigenvalue weighted by atomic mass is 35.5. The van der Waals surface area contributed by atoms with E-state index in [4.69, 9.17) is 21.1 Å². The van der Waals surface area contributed by atoms with Gasteiger partial charge in [0.15, 0.2) is 5.82 Å². The van der Waals surface area contributed by atoms with Gasteiger partial charge in [-0.15, -0.1) is 10.2 Å². The van der Waals surface area contributed by atoms with Crippen molar-refractivity contribution in [2.45, 2.75) is 77.3 Å². The number of hydrogen-bond donors (Lipinski definition) is 0. The van der Waals surface area contributed by atoms with Crippen molar-refractivity contribution in [2.75, 3.05) is 0 Å². The minimum Gasteiger partial charge on any atom is -0.375 e.